The molecule has 0 aromatic heterocycles. The number of hydrogen-bond acceptors (Lipinski definition) is 2. The number of benzene rings is 1. The predicted molar refractivity (Wildman–Crippen MR) is 65.8 cm³/mol. The van der Waals surface area contributed by atoms with E-state index in [2.05, 4.69) is 6.92 Å². The number of hydrogen-bond donors (Lipinski definition) is 0. The van der Waals surface area contributed by atoms with Gasteiger partial charge in [0.1, 0.15) is 5.78 Å². The highest BCUT2D eigenvalue weighted by atomic mass is 19.1. The van der Waals surface area contributed by atoms with Gasteiger partial charge in [-0.2, -0.15) is 0 Å². The molecule has 0 aliphatic carbocycles. The van der Waals surface area contributed by atoms with E-state index in [-0.39, 0.29) is 18.0 Å². The molecule has 0 unspecified atom stereocenters. The molecular weight excluding hydrogens is 219 g/mol. The summed E-state index contributed by atoms with van der Waals surface area (Å²) in [5, 5.41) is 0. The first-order valence-corrected chi connectivity index (χ1v) is 6.02. The van der Waals surface area contributed by atoms with Crippen LogP contribution < -0.4 is 4.74 Å². The molecule has 1 aromatic carbocycles. The highest BCUT2D eigenvalue weighted by Gasteiger charge is 2.11. The molecule has 0 bridgehead atoms. The Morgan fingerprint density at radius 1 is 1.35 bits per heavy atom. The molecular formula is C14H19FO2. The van der Waals surface area contributed by atoms with E-state index >= 15 is 0 Å². The number of Topliss-reactive ketones (excluding diaryl/α,β-unsaturated/α-hetero) is 1. The van der Waals surface area contributed by atoms with Gasteiger partial charge in [0.05, 0.1) is 7.11 Å². The summed E-state index contributed by atoms with van der Waals surface area (Å²) in [6.45, 7) is 2.09. The number of unbranched alkanes of at least 4 members (excludes halogenated alkanes) is 2. The van der Waals surface area contributed by atoms with Crippen LogP contribution in [0, 0.1) is 5.82 Å². The molecule has 0 N–H and O–H groups in total. The molecule has 0 heterocycles. The SMILES string of the molecule is CCCCCC(=O)Cc1cccc(OC)c1F. The third kappa shape index (κ3) is 4.17. The number of carbonyl (C=O) groups excluding carboxylic acids is 1. The average Bonchev–Trinajstić information content (AvgIpc) is 2.32. The zero-order valence-corrected chi connectivity index (χ0v) is 10.5. The van der Waals surface area contributed by atoms with E-state index in [0.29, 0.717) is 12.0 Å². The van der Waals surface area contributed by atoms with Crippen LogP contribution in [0.4, 0.5) is 4.39 Å². The van der Waals surface area contributed by atoms with E-state index in [9.17, 15) is 9.18 Å². The lowest BCUT2D eigenvalue weighted by Gasteiger charge is -2.06. The van der Waals surface area contributed by atoms with E-state index in [1.807, 2.05) is 0 Å². The van der Waals surface area contributed by atoms with Gasteiger partial charge in [0, 0.05) is 12.8 Å². The smallest absolute Gasteiger partial charge is 0.168 e. The number of methoxy groups -OCH3 is 1. The van der Waals surface area contributed by atoms with Crippen LogP contribution in [0.3, 0.4) is 0 Å². The summed E-state index contributed by atoms with van der Waals surface area (Å²) < 4.78 is 18.6. The fraction of sp³-hybridized carbons (Fsp3) is 0.500. The quantitative estimate of drug-likeness (QED) is 0.679. The minimum absolute atomic E-state index is 0.0885. The zero-order valence-electron chi connectivity index (χ0n) is 10.5. The Morgan fingerprint density at radius 3 is 2.76 bits per heavy atom. The van der Waals surface area contributed by atoms with Gasteiger partial charge in [0.25, 0.3) is 0 Å². The minimum atomic E-state index is -0.418. The summed E-state index contributed by atoms with van der Waals surface area (Å²) in [4.78, 5) is 11.6. The molecule has 17 heavy (non-hydrogen) atoms. The van der Waals surface area contributed by atoms with E-state index in [1.165, 1.54) is 7.11 Å². The molecule has 0 atom stereocenters. The molecule has 0 aliphatic heterocycles. The summed E-state index contributed by atoms with van der Waals surface area (Å²) in [5.74, 6) is -0.131. The molecule has 1 aromatic rings. The Bertz CT molecular complexity index is 374. The van der Waals surface area contributed by atoms with Crippen molar-refractivity contribution >= 4 is 5.78 Å². The van der Waals surface area contributed by atoms with Gasteiger partial charge in [-0.25, -0.2) is 4.39 Å². The van der Waals surface area contributed by atoms with Crippen LogP contribution in [-0.2, 0) is 11.2 Å². The van der Waals surface area contributed by atoms with Crippen LogP contribution in [0.1, 0.15) is 38.2 Å². The highest BCUT2D eigenvalue weighted by molar-refractivity contribution is 5.81. The van der Waals surface area contributed by atoms with Crippen LogP contribution in [0.5, 0.6) is 5.75 Å². The van der Waals surface area contributed by atoms with Crippen molar-refractivity contribution in [2.45, 2.75) is 39.0 Å². The number of ketones is 1. The van der Waals surface area contributed by atoms with Gasteiger partial charge in [-0.1, -0.05) is 31.9 Å². The third-order valence-corrected chi connectivity index (χ3v) is 2.71. The molecule has 3 heteroatoms. The van der Waals surface area contributed by atoms with Crippen molar-refractivity contribution in [2.75, 3.05) is 7.11 Å². The predicted octanol–water partition coefficient (Wildman–Crippen LogP) is 3.53. The first kappa shape index (κ1) is 13.7. The summed E-state index contributed by atoms with van der Waals surface area (Å²) in [7, 11) is 1.42. The second-order valence-electron chi connectivity index (χ2n) is 4.11. The van der Waals surface area contributed by atoms with Crippen molar-refractivity contribution in [3.05, 3.63) is 29.6 Å². The number of carbonyl (C=O) groups is 1. The topological polar surface area (TPSA) is 26.3 Å². The van der Waals surface area contributed by atoms with Crippen LogP contribution in [0.2, 0.25) is 0 Å². The van der Waals surface area contributed by atoms with Crippen LogP contribution >= 0.6 is 0 Å². The van der Waals surface area contributed by atoms with Crippen LogP contribution in [0.25, 0.3) is 0 Å². The molecule has 1 rings (SSSR count). The maximum Gasteiger partial charge on any atom is 0.168 e. The lowest BCUT2D eigenvalue weighted by Crippen LogP contribution is -2.05. The molecule has 0 saturated carbocycles. The van der Waals surface area contributed by atoms with Crippen molar-refractivity contribution in [3.63, 3.8) is 0 Å². The lowest BCUT2D eigenvalue weighted by molar-refractivity contribution is -0.118. The number of ether oxygens (including phenoxy) is 1. The van der Waals surface area contributed by atoms with E-state index in [4.69, 9.17) is 4.74 Å². The average molecular weight is 238 g/mol. The van der Waals surface area contributed by atoms with Gasteiger partial charge in [-0.15, -0.1) is 0 Å². The van der Waals surface area contributed by atoms with Crippen molar-refractivity contribution in [3.8, 4) is 5.75 Å². The second kappa shape index (κ2) is 7.05. The fourth-order valence-electron chi connectivity index (χ4n) is 1.72. The molecule has 0 radical (unpaired) electrons. The molecule has 2 nitrogen and oxygen atoms in total. The van der Waals surface area contributed by atoms with E-state index in [0.717, 1.165) is 19.3 Å². The Labute approximate surface area is 102 Å². The van der Waals surface area contributed by atoms with Crippen molar-refractivity contribution in [1.82, 2.24) is 0 Å². The summed E-state index contributed by atoms with van der Waals surface area (Å²) >= 11 is 0. The van der Waals surface area contributed by atoms with Gasteiger partial charge in [0.2, 0.25) is 0 Å². The Morgan fingerprint density at radius 2 is 2.12 bits per heavy atom. The van der Waals surface area contributed by atoms with Gasteiger partial charge < -0.3 is 4.74 Å². The van der Waals surface area contributed by atoms with Crippen molar-refractivity contribution in [2.24, 2.45) is 0 Å². The maximum absolute atomic E-state index is 13.7. The minimum Gasteiger partial charge on any atom is -0.494 e. The zero-order chi connectivity index (χ0) is 12.7. The van der Waals surface area contributed by atoms with E-state index in [1.54, 1.807) is 18.2 Å². The van der Waals surface area contributed by atoms with Crippen molar-refractivity contribution in [1.29, 1.82) is 0 Å². The third-order valence-electron chi connectivity index (χ3n) is 2.71. The highest BCUT2D eigenvalue weighted by Crippen LogP contribution is 2.20. The number of rotatable bonds is 7. The number of halogens is 1. The first-order chi connectivity index (χ1) is 8.19. The van der Waals surface area contributed by atoms with Gasteiger partial charge >= 0.3 is 0 Å². The van der Waals surface area contributed by atoms with Gasteiger partial charge in [0.15, 0.2) is 11.6 Å². The Balaban J connectivity index is 2.59. The van der Waals surface area contributed by atoms with E-state index < -0.39 is 5.82 Å². The summed E-state index contributed by atoms with van der Waals surface area (Å²) in [6.07, 6.45) is 3.71. The lowest BCUT2D eigenvalue weighted by atomic mass is 10.0. The van der Waals surface area contributed by atoms with Gasteiger partial charge in [-0.3, -0.25) is 4.79 Å². The van der Waals surface area contributed by atoms with Crippen LogP contribution in [-0.4, -0.2) is 12.9 Å². The molecule has 0 amide bonds. The van der Waals surface area contributed by atoms with Crippen molar-refractivity contribution < 1.29 is 13.9 Å². The molecule has 0 saturated heterocycles. The summed E-state index contributed by atoms with van der Waals surface area (Å²) in [5.41, 5.74) is 0.422. The molecule has 0 aliphatic rings. The molecule has 94 valence electrons. The Hall–Kier alpha value is -1.38. The maximum atomic E-state index is 13.7. The first-order valence-electron chi connectivity index (χ1n) is 6.02. The monoisotopic (exact) mass is 238 g/mol. The molecule has 0 fully saturated rings. The van der Waals surface area contributed by atoms with Crippen LogP contribution in [0.15, 0.2) is 18.2 Å². The Kier molecular flexibility index (Phi) is 5.67. The normalized spacial score (nSPS) is 10.3. The summed E-state index contributed by atoms with van der Waals surface area (Å²) in [6, 6.07) is 4.90. The molecule has 0 spiro atoms. The second-order valence-corrected chi connectivity index (χ2v) is 4.11. The fourth-order valence-corrected chi connectivity index (χ4v) is 1.72. The largest absolute Gasteiger partial charge is 0.494 e. The van der Waals surface area contributed by atoms with Gasteiger partial charge in [-0.05, 0) is 18.1 Å². The standard InChI is InChI=1S/C14H19FO2/c1-3-4-5-8-12(16)10-11-7-6-9-13(17-2)14(11)15/h6-7,9H,3-5,8,10H2,1-2H3.